The van der Waals surface area contributed by atoms with Crippen molar-refractivity contribution in [1.29, 1.82) is 0 Å². The third-order valence-electron chi connectivity index (χ3n) is 3.48. The van der Waals surface area contributed by atoms with Crippen molar-refractivity contribution < 1.29 is 0 Å². The Bertz CT molecular complexity index is 391. The Morgan fingerprint density at radius 3 is 2.83 bits per heavy atom. The van der Waals surface area contributed by atoms with Crippen molar-refractivity contribution in [2.75, 3.05) is 26.7 Å². The first kappa shape index (κ1) is 14.3. The van der Waals surface area contributed by atoms with Gasteiger partial charge in [-0.05, 0) is 62.7 Å². The predicted octanol–water partition coefficient (Wildman–Crippen LogP) is 3.53. The van der Waals surface area contributed by atoms with Crippen LogP contribution in [0.4, 0.5) is 0 Å². The van der Waals surface area contributed by atoms with Gasteiger partial charge in [0.1, 0.15) is 0 Å². The van der Waals surface area contributed by atoms with Crippen molar-refractivity contribution in [2.24, 2.45) is 5.92 Å². The van der Waals surface area contributed by atoms with Gasteiger partial charge in [-0.2, -0.15) is 0 Å². The summed E-state index contributed by atoms with van der Waals surface area (Å²) in [5, 5.41) is 4.27. The van der Waals surface area contributed by atoms with E-state index in [1.165, 1.54) is 18.4 Å². The molecule has 0 amide bonds. The van der Waals surface area contributed by atoms with Crippen LogP contribution >= 0.6 is 27.5 Å². The fourth-order valence-electron chi connectivity index (χ4n) is 2.52. The Balaban J connectivity index is 1.89. The van der Waals surface area contributed by atoms with Gasteiger partial charge < -0.3 is 10.2 Å². The minimum atomic E-state index is 0.821. The van der Waals surface area contributed by atoms with Crippen molar-refractivity contribution in [3.8, 4) is 0 Å². The quantitative estimate of drug-likeness (QED) is 0.908. The summed E-state index contributed by atoms with van der Waals surface area (Å²) in [4.78, 5) is 2.38. The number of piperidine rings is 1. The number of hydrogen-bond donors (Lipinski definition) is 1. The summed E-state index contributed by atoms with van der Waals surface area (Å²) in [7, 11) is 2.18. The van der Waals surface area contributed by atoms with Crippen LogP contribution in [0.1, 0.15) is 18.4 Å². The standard InChI is InChI=1S/C14H20BrClN2/c1-18(9-11-4-6-17-7-5-11)10-12-8-13(15)2-3-14(12)16/h2-3,8,11,17H,4-7,9-10H2,1H3. The third kappa shape index (κ3) is 4.23. The Morgan fingerprint density at radius 2 is 2.11 bits per heavy atom. The monoisotopic (exact) mass is 330 g/mol. The van der Waals surface area contributed by atoms with Gasteiger partial charge in [0.05, 0.1) is 0 Å². The van der Waals surface area contributed by atoms with Gasteiger partial charge in [0.15, 0.2) is 0 Å². The van der Waals surface area contributed by atoms with Crippen LogP contribution < -0.4 is 5.32 Å². The summed E-state index contributed by atoms with van der Waals surface area (Å²) >= 11 is 9.72. The highest BCUT2D eigenvalue weighted by molar-refractivity contribution is 9.10. The summed E-state index contributed by atoms with van der Waals surface area (Å²) < 4.78 is 1.09. The lowest BCUT2D eigenvalue weighted by atomic mass is 9.97. The third-order valence-corrected chi connectivity index (χ3v) is 4.34. The molecule has 4 heteroatoms. The highest BCUT2D eigenvalue weighted by Gasteiger charge is 2.15. The van der Waals surface area contributed by atoms with Crippen LogP contribution in [-0.2, 0) is 6.54 Å². The van der Waals surface area contributed by atoms with E-state index in [1.54, 1.807) is 0 Å². The molecule has 1 fully saturated rings. The molecule has 0 spiro atoms. The molecule has 0 aromatic heterocycles. The van der Waals surface area contributed by atoms with Crippen LogP contribution in [0.25, 0.3) is 0 Å². The van der Waals surface area contributed by atoms with Crippen molar-refractivity contribution in [3.63, 3.8) is 0 Å². The van der Waals surface area contributed by atoms with Crippen LogP contribution in [0.5, 0.6) is 0 Å². The van der Waals surface area contributed by atoms with E-state index < -0.39 is 0 Å². The minimum Gasteiger partial charge on any atom is -0.317 e. The van der Waals surface area contributed by atoms with Gasteiger partial charge in [-0.1, -0.05) is 27.5 Å². The molecule has 0 saturated carbocycles. The lowest BCUT2D eigenvalue weighted by molar-refractivity contribution is 0.234. The van der Waals surface area contributed by atoms with Gasteiger partial charge in [-0.15, -0.1) is 0 Å². The summed E-state index contributed by atoms with van der Waals surface area (Å²) in [6, 6.07) is 6.05. The van der Waals surface area contributed by atoms with Gasteiger partial charge >= 0.3 is 0 Å². The Hall–Kier alpha value is -0.0900. The molecular weight excluding hydrogens is 312 g/mol. The second-order valence-corrected chi connectivity index (χ2v) is 6.45. The molecule has 2 rings (SSSR count). The van der Waals surface area contributed by atoms with E-state index in [-0.39, 0.29) is 0 Å². The highest BCUT2D eigenvalue weighted by atomic mass is 79.9. The number of benzene rings is 1. The molecule has 0 aliphatic carbocycles. The van der Waals surface area contributed by atoms with Crippen LogP contribution in [0, 0.1) is 5.92 Å². The molecule has 0 unspecified atom stereocenters. The second kappa shape index (κ2) is 6.90. The van der Waals surface area contributed by atoms with Gasteiger partial charge in [-0.3, -0.25) is 0 Å². The predicted molar refractivity (Wildman–Crippen MR) is 81.1 cm³/mol. The molecule has 1 aliphatic heterocycles. The van der Waals surface area contributed by atoms with Crippen molar-refractivity contribution in [2.45, 2.75) is 19.4 Å². The molecule has 18 heavy (non-hydrogen) atoms. The first-order valence-corrected chi connectivity index (χ1v) is 7.65. The molecule has 1 aromatic rings. The topological polar surface area (TPSA) is 15.3 Å². The van der Waals surface area contributed by atoms with Gasteiger partial charge in [0.2, 0.25) is 0 Å². The van der Waals surface area contributed by atoms with E-state index in [9.17, 15) is 0 Å². The van der Waals surface area contributed by atoms with Gasteiger partial charge in [0.25, 0.3) is 0 Å². The zero-order valence-electron chi connectivity index (χ0n) is 10.8. The van der Waals surface area contributed by atoms with E-state index >= 15 is 0 Å². The number of nitrogens with zero attached hydrogens (tertiary/aromatic N) is 1. The Morgan fingerprint density at radius 1 is 1.39 bits per heavy atom. The summed E-state index contributed by atoms with van der Waals surface area (Å²) in [5.74, 6) is 0.821. The van der Waals surface area contributed by atoms with Gasteiger partial charge in [0, 0.05) is 22.6 Å². The van der Waals surface area contributed by atoms with Crippen molar-refractivity contribution >= 4 is 27.5 Å². The van der Waals surface area contributed by atoms with Crippen molar-refractivity contribution in [3.05, 3.63) is 33.3 Å². The van der Waals surface area contributed by atoms with E-state index in [4.69, 9.17) is 11.6 Å². The number of halogens is 2. The molecule has 100 valence electrons. The lowest BCUT2D eigenvalue weighted by Gasteiger charge is -2.27. The van der Waals surface area contributed by atoms with E-state index in [0.717, 1.165) is 41.6 Å². The maximum atomic E-state index is 6.23. The number of hydrogen-bond acceptors (Lipinski definition) is 2. The second-order valence-electron chi connectivity index (χ2n) is 5.13. The van der Waals surface area contributed by atoms with Crippen LogP contribution in [0.2, 0.25) is 5.02 Å². The fourth-order valence-corrected chi connectivity index (χ4v) is 3.11. The molecule has 1 aromatic carbocycles. The molecule has 1 saturated heterocycles. The molecule has 1 N–H and O–H groups in total. The molecular formula is C14H20BrClN2. The van der Waals surface area contributed by atoms with Crippen LogP contribution in [0.15, 0.2) is 22.7 Å². The average molecular weight is 332 g/mol. The lowest BCUT2D eigenvalue weighted by Crippen LogP contribution is -2.34. The zero-order valence-corrected chi connectivity index (χ0v) is 13.1. The molecule has 1 heterocycles. The van der Waals surface area contributed by atoms with Crippen LogP contribution in [0.3, 0.4) is 0 Å². The summed E-state index contributed by atoms with van der Waals surface area (Å²) in [6.07, 6.45) is 2.58. The first-order valence-electron chi connectivity index (χ1n) is 6.48. The zero-order chi connectivity index (χ0) is 13.0. The van der Waals surface area contributed by atoms with E-state index in [0.29, 0.717) is 0 Å². The Kier molecular flexibility index (Phi) is 5.49. The van der Waals surface area contributed by atoms with Crippen LogP contribution in [-0.4, -0.2) is 31.6 Å². The average Bonchev–Trinajstić information content (AvgIpc) is 2.35. The molecule has 0 radical (unpaired) electrons. The van der Waals surface area contributed by atoms with Gasteiger partial charge in [-0.25, -0.2) is 0 Å². The van der Waals surface area contributed by atoms with Crippen molar-refractivity contribution in [1.82, 2.24) is 10.2 Å². The SMILES string of the molecule is CN(Cc1cc(Br)ccc1Cl)CC1CCNCC1. The fraction of sp³-hybridized carbons (Fsp3) is 0.571. The smallest absolute Gasteiger partial charge is 0.0451 e. The van der Waals surface area contributed by atoms with E-state index in [1.807, 2.05) is 12.1 Å². The largest absolute Gasteiger partial charge is 0.317 e. The maximum Gasteiger partial charge on any atom is 0.0451 e. The highest BCUT2D eigenvalue weighted by Crippen LogP contribution is 2.23. The summed E-state index contributed by atoms with van der Waals surface area (Å²) in [5.41, 5.74) is 1.20. The molecule has 0 atom stereocenters. The Labute approximate surface area is 123 Å². The first-order chi connectivity index (χ1) is 8.65. The number of nitrogens with one attached hydrogen (secondary N) is 1. The van der Waals surface area contributed by atoms with E-state index in [2.05, 4.69) is 39.3 Å². The normalized spacial score (nSPS) is 17.3. The minimum absolute atomic E-state index is 0.821. The number of rotatable bonds is 4. The maximum absolute atomic E-state index is 6.23. The summed E-state index contributed by atoms with van der Waals surface area (Å²) in [6.45, 7) is 4.40. The molecule has 0 bridgehead atoms. The molecule has 1 aliphatic rings. The molecule has 2 nitrogen and oxygen atoms in total.